The van der Waals surface area contributed by atoms with Gasteiger partial charge in [0.15, 0.2) is 0 Å². The Morgan fingerprint density at radius 1 is 1.42 bits per heavy atom. The Labute approximate surface area is 79.2 Å². The second kappa shape index (κ2) is 2.95. The molecule has 1 aliphatic heterocycles. The molecule has 3 unspecified atom stereocenters. The van der Waals surface area contributed by atoms with E-state index in [9.17, 15) is 0 Å². The number of nitrogens with one attached hydrogen (secondary N) is 1. The maximum Gasteiger partial charge on any atom is 0.0421 e. The van der Waals surface area contributed by atoms with Gasteiger partial charge < -0.3 is 5.32 Å². The molecule has 68 valence electrons. The monoisotopic (exact) mass is 185 g/mol. The van der Waals surface area contributed by atoms with Crippen LogP contribution in [0.4, 0.5) is 0 Å². The van der Waals surface area contributed by atoms with Crippen LogP contribution in [0.25, 0.3) is 0 Å². The summed E-state index contributed by atoms with van der Waals surface area (Å²) in [6.07, 6.45) is 3.99. The zero-order valence-electron chi connectivity index (χ0n) is 7.73. The van der Waals surface area contributed by atoms with E-state index in [0.29, 0.717) is 12.0 Å². The second-order valence-electron chi connectivity index (χ2n) is 4.16. The third-order valence-electron chi connectivity index (χ3n) is 3.27. The minimum absolute atomic E-state index is 0.611. The van der Waals surface area contributed by atoms with Crippen molar-refractivity contribution in [2.24, 2.45) is 11.8 Å². The van der Waals surface area contributed by atoms with Crippen molar-refractivity contribution in [1.29, 1.82) is 0 Å². The predicted molar refractivity (Wildman–Crippen MR) is 52.0 cm³/mol. The first-order chi connectivity index (χ1) is 5.70. The molecule has 1 N–H and O–H groups in total. The highest BCUT2D eigenvalue weighted by molar-refractivity contribution is 6.30. The van der Waals surface area contributed by atoms with E-state index in [1.54, 1.807) is 0 Å². The molecule has 0 aromatic rings. The van der Waals surface area contributed by atoms with Gasteiger partial charge in [0.25, 0.3) is 0 Å². The van der Waals surface area contributed by atoms with Crippen molar-refractivity contribution in [1.82, 2.24) is 5.32 Å². The van der Waals surface area contributed by atoms with Gasteiger partial charge >= 0.3 is 0 Å². The van der Waals surface area contributed by atoms with Crippen LogP contribution >= 0.6 is 11.6 Å². The maximum absolute atomic E-state index is 6.25. The molecule has 0 aromatic heterocycles. The molecule has 0 aromatic carbocycles. The maximum atomic E-state index is 6.25. The van der Waals surface area contributed by atoms with Gasteiger partial charge in [0.05, 0.1) is 0 Å². The quantitative estimate of drug-likeness (QED) is 0.612. The van der Waals surface area contributed by atoms with Gasteiger partial charge in [-0.25, -0.2) is 0 Å². The Morgan fingerprint density at radius 2 is 2.17 bits per heavy atom. The highest BCUT2D eigenvalue weighted by Gasteiger charge is 2.37. The minimum Gasteiger partial charge on any atom is -0.384 e. The SMILES string of the molecule is CC1=C(Cl)C2C(C)CCCC2N1. The molecule has 0 bridgehead atoms. The summed E-state index contributed by atoms with van der Waals surface area (Å²) in [4.78, 5) is 0. The lowest BCUT2D eigenvalue weighted by molar-refractivity contribution is 0.259. The van der Waals surface area contributed by atoms with E-state index < -0.39 is 0 Å². The standard InChI is InChI=1S/C10H16ClN/c1-6-4-3-5-8-9(6)10(11)7(2)12-8/h6,8-9,12H,3-5H2,1-2H3. The lowest BCUT2D eigenvalue weighted by Gasteiger charge is -2.31. The summed E-state index contributed by atoms with van der Waals surface area (Å²) in [5, 5.41) is 4.57. The number of hydrogen-bond acceptors (Lipinski definition) is 1. The Bertz CT molecular complexity index is 222. The molecule has 1 heterocycles. The average Bonchev–Trinajstić information content (AvgIpc) is 2.29. The Balaban J connectivity index is 2.21. The van der Waals surface area contributed by atoms with E-state index in [0.717, 1.165) is 11.0 Å². The van der Waals surface area contributed by atoms with Gasteiger partial charge in [-0.15, -0.1) is 0 Å². The third kappa shape index (κ3) is 1.15. The summed E-state index contributed by atoms with van der Waals surface area (Å²) in [6.45, 7) is 4.41. The number of fused-ring (bicyclic) bond motifs is 1. The van der Waals surface area contributed by atoms with E-state index in [4.69, 9.17) is 11.6 Å². The number of hydrogen-bond donors (Lipinski definition) is 1. The van der Waals surface area contributed by atoms with Gasteiger partial charge in [-0.2, -0.15) is 0 Å². The molecule has 1 aliphatic carbocycles. The van der Waals surface area contributed by atoms with Crippen LogP contribution in [0.2, 0.25) is 0 Å². The predicted octanol–water partition coefficient (Wildman–Crippen LogP) is 2.86. The fraction of sp³-hybridized carbons (Fsp3) is 0.800. The number of rotatable bonds is 0. The van der Waals surface area contributed by atoms with Crippen LogP contribution in [0, 0.1) is 11.8 Å². The topological polar surface area (TPSA) is 12.0 Å². The number of allylic oxidation sites excluding steroid dienone is 1. The van der Waals surface area contributed by atoms with Crippen molar-refractivity contribution in [3.63, 3.8) is 0 Å². The molecule has 0 spiro atoms. The second-order valence-corrected chi connectivity index (χ2v) is 4.56. The molecular formula is C10H16ClN. The molecule has 1 fully saturated rings. The molecule has 0 amide bonds. The van der Waals surface area contributed by atoms with Gasteiger partial charge in [0.2, 0.25) is 0 Å². The zero-order valence-corrected chi connectivity index (χ0v) is 8.49. The van der Waals surface area contributed by atoms with Gasteiger partial charge in [0, 0.05) is 22.7 Å². The molecule has 12 heavy (non-hydrogen) atoms. The van der Waals surface area contributed by atoms with E-state index in [1.807, 2.05) is 0 Å². The summed E-state index contributed by atoms with van der Waals surface area (Å²) < 4.78 is 0. The summed E-state index contributed by atoms with van der Waals surface area (Å²) >= 11 is 6.25. The van der Waals surface area contributed by atoms with Crippen molar-refractivity contribution in [3.05, 3.63) is 10.7 Å². The first-order valence-electron chi connectivity index (χ1n) is 4.83. The van der Waals surface area contributed by atoms with Gasteiger partial charge in [0.1, 0.15) is 0 Å². The normalized spacial score (nSPS) is 41.1. The third-order valence-corrected chi connectivity index (χ3v) is 3.81. The van der Waals surface area contributed by atoms with E-state index in [-0.39, 0.29) is 0 Å². The Morgan fingerprint density at radius 3 is 2.83 bits per heavy atom. The average molecular weight is 186 g/mol. The molecule has 1 saturated carbocycles. The molecule has 3 atom stereocenters. The smallest absolute Gasteiger partial charge is 0.0421 e. The van der Waals surface area contributed by atoms with E-state index in [2.05, 4.69) is 19.2 Å². The Kier molecular flexibility index (Phi) is 2.07. The van der Waals surface area contributed by atoms with Crippen LogP contribution in [-0.2, 0) is 0 Å². The zero-order chi connectivity index (χ0) is 8.72. The Hall–Kier alpha value is -0.170. The van der Waals surface area contributed by atoms with E-state index >= 15 is 0 Å². The first kappa shape index (κ1) is 8.43. The van der Waals surface area contributed by atoms with Crippen molar-refractivity contribution in [2.75, 3.05) is 0 Å². The van der Waals surface area contributed by atoms with Gasteiger partial charge in [-0.05, 0) is 25.7 Å². The molecule has 1 nitrogen and oxygen atoms in total. The lowest BCUT2D eigenvalue weighted by Crippen LogP contribution is -2.35. The van der Waals surface area contributed by atoms with Crippen molar-refractivity contribution < 1.29 is 0 Å². The summed E-state index contributed by atoms with van der Waals surface area (Å²) in [5.41, 5.74) is 1.21. The number of halogens is 1. The molecule has 2 heteroatoms. The van der Waals surface area contributed by atoms with Crippen LogP contribution < -0.4 is 5.32 Å². The molecule has 2 rings (SSSR count). The summed E-state index contributed by atoms with van der Waals surface area (Å²) in [5.74, 6) is 1.38. The van der Waals surface area contributed by atoms with E-state index in [1.165, 1.54) is 25.0 Å². The molecule has 0 radical (unpaired) electrons. The lowest BCUT2D eigenvalue weighted by atomic mass is 9.78. The highest BCUT2D eigenvalue weighted by atomic mass is 35.5. The highest BCUT2D eigenvalue weighted by Crippen LogP contribution is 2.41. The van der Waals surface area contributed by atoms with Gasteiger partial charge in [-0.1, -0.05) is 24.9 Å². The fourth-order valence-electron chi connectivity index (χ4n) is 2.60. The van der Waals surface area contributed by atoms with Crippen LogP contribution in [0.5, 0.6) is 0 Å². The molecule has 2 aliphatic rings. The molecular weight excluding hydrogens is 170 g/mol. The van der Waals surface area contributed by atoms with Crippen molar-refractivity contribution >= 4 is 11.6 Å². The van der Waals surface area contributed by atoms with Gasteiger partial charge in [-0.3, -0.25) is 0 Å². The summed E-state index contributed by atoms with van der Waals surface area (Å²) in [7, 11) is 0. The molecule has 0 saturated heterocycles. The first-order valence-corrected chi connectivity index (χ1v) is 5.20. The minimum atomic E-state index is 0.611. The van der Waals surface area contributed by atoms with Crippen molar-refractivity contribution in [2.45, 2.75) is 39.2 Å². The van der Waals surface area contributed by atoms with Crippen LogP contribution in [0.3, 0.4) is 0 Å². The largest absolute Gasteiger partial charge is 0.384 e. The van der Waals surface area contributed by atoms with Crippen LogP contribution in [0.15, 0.2) is 10.7 Å². The summed E-state index contributed by atoms with van der Waals surface area (Å²) in [6, 6.07) is 0.640. The van der Waals surface area contributed by atoms with Crippen molar-refractivity contribution in [3.8, 4) is 0 Å². The van der Waals surface area contributed by atoms with Crippen LogP contribution in [-0.4, -0.2) is 6.04 Å². The fourth-order valence-corrected chi connectivity index (χ4v) is 3.02. The van der Waals surface area contributed by atoms with Crippen LogP contribution in [0.1, 0.15) is 33.1 Å².